The fourth-order valence-electron chi connectivity index (χ4n) is 2.44. The van der Waals surface area contributed by atoms with Crippen molar-refractivity contribution < 1.29 is 9.84 Å². The molecule has 0 aromatic carbocycles. The molecule has 1 fully saturated rings. The number of nitrogens with one attached hydrogen (secondary N) is 1. The smallest absolute Gasteiger partial charge is 0.169 e. The van der Waals surface area contributed by atoms with E-state index in [0.717, 1.165) is 43.7 Å². The molecule has 0 amide bonds. The molecule has 0 saturated heterocycles. The van der Waals surface area contributed by atoms with Crippen molar-refractivity contribution in [2.75, 3.05) is 18.5 Å². The minimum absolute atomic E-state index is 0.150. The van der Waals surface area contributed by atoms with Crippen LogP contribution in [0.4, 0.5) is 5.82 Å². The number of aromatic nitrogens is 1. The largest absolute Gasteiger partial charge is 0.490 e. The van der Waals surface area contributed by atoms with Gasteiger partial charge in [0, 0.05) is 6.20 Å². The van der Waals surface area contributed by atoms with E-state index in [0.29, 0.717) is 6.61 Å². The second-order valence-corrected chi connectivity index (χ2v) is 4.97. The Hall–Kier alpha value is -1.29. The van der Waals surface area contributed by atoms with Gasteiger partial charge in [-0.3, -0.25) is 0 Å². The number of anilines is 1. The molecule has 0 unspecified atom stereocenters. The summed E-state index contributed by atoms with van der Waals surface area (Å²) in [6.07, 6.45) is 7.03. The van der Waals surface area contributed by atoms with Crippen LogP contribution in [0.15, 0.2) is 18.3 Å². The number of rotatable bonds is 6. The second kappa shape index (κ2) is 6.05. The summed E-state index contributed by atoms with van der Waals surface area (Å²) in [4.78, 5) is 4.34. The lowest BCUT2D eigenvalue weighted by Gasteiger charge is -2.29. The Labute approximate surface area is 108 Å². The zero-order valence-electron chi connectivity index (χ0n) is 11.0. The highest BCUT2D eigenvalue weighted by molar-refractivity contribution is 5.51. The summed E-state index contributed by atoms with van der Waals surface area (Å²) in [6.45, 7) is 2.92. The third kappa shape index (κ3) is 2.93. The molecule has 1 saturated carbocycles. The van der Waals surface area contributed by atoms with Crippen molar-refractivity contribution in [2.45, 2.75) is 44.6 Å². The maximum Gasteiger partial charge on any atom is 0.169 e. The van der Waals surface area contributed by atoms with Crippen LogP contribution in [0.5, 0.6) is 5.75 Å². The van der Waals surface area contributed by atoms with E-state index in [9.17, 15) is 5.11 Å². The number of hydrogen-bond donors (Lipinski definition) is 2. The number of hydrogen-bond acceptors (Lipinski definition) is 4. The average molecular weight is 250 g/mol. The van der Waals surface area contributed by atoms with Crippen molar-refractivity contribution in [2.24, 2.45) is 0 Å². The van der Waals surface area contributed by atoms with E-state index < -0.39 is 0 Å². The van der Waals surface area contributed by atoms with E-state index in [2.05, 4.69) is 17.2 Å². The molecule has 0 spiro atoms. The molecule has 2 N–H and O–H groups in total. The number of aliphatic hydroxyl groups excluding tert-OH is 1. The number of nitrogens with zero attached hydrogens (tertiary/aromatic N) is 1. The van der Waals surface area contributed by atoms with Crippen LogP contribution in [0.2, 0.25) is 0 Å². The minimum atomic E-state index is -0.210. The molecule has 0 atom stereocenters. The summed E-state index contributed by atoms with van der Waals surface area (Å²) in [5.74, 6) is 1.53. The Bertz CT molecular complexity index is 376. The van der Waals surface area contributed by atoms with Gasteiger partial charge in [0.2, 0.25) is 0 Å². The summed E-state index contributed by atoms with van der Waals surface area (Å²) in [7, 11) is 0. The molecule has 4 nitrogen and oxygen atoms in total. The lowest BCUT2D eigenvalue weighted by atomic mass is 9.99. The molecule has 0 bridgehead atoms. The Kier molecular flexibility index (Phi) is 4.42. The molecule has 100 valence electrons. The van der Waals surface area contributed by atoms with Crippen LogP contribution < -0.4 is 10.1 Å². The lowest BCUT2D eigenvalue weighted by molar-refractivity contribution is 0.213. The fraction of sp³-hybridized carbons (Fsp3) is 0.643. The number of pyridine rings is 1. The van der Waals surface area contributed by atoms with Gasteiger partial charge in [0.15, 0.2) is 11.6 Å². The van der Waals surface area contributed by atoms with Gasteiger partial charge in [0.1, 0.15) is 0 Å². The first-order valence-corrected chi connectivity index (χ1v) is 6.76. The van der Waals surface area contributed by atoms with E-state index >= 15 is 0 Å². The molecule has 1 aromatic rings. The van der Waals surface area contributed by atoms with Gasteiger partial charge in [-0.05, 0) is 31.4 Å². The van der Waals surface area contributed by atoms with Gasteiger partial charge in [-0.25, -0.2) is 4.98 Å². The van der Waals surface area contributed by atoms with Gasteiger partial charge < -0.3 is 15.2 Å². The normalized spacial score (nSPS) is 17.7. The van der Waals surface area contributed by atoms with Crippen LogP contribution in [-0.2, 0) is 0 Å². The summed E-state index contributed by atoms with van der Waals surface area (Å²) in [5.41, 5.74) is -0.210. The highest BCUT2D eigenvalue weighted by atomic mass is 16.5. The summed E-state index contributed by atoms with van der Waals surface area (Å²) in [6, 6.07) is 3.79. The van der Waals surface area contributed by atoms with Crippen molar-refractivity contribution in [3.8, 4) is 5.75 Å². The van der Waals surface area contributed by atoms with Crippen LogP contribution >= 0.6 is 0 Å². The van der Waals surface area contributed by atoms with Crippen LogP contribution in [0.25, 0.3) is 0 Å². The lowest BCUT2D eigenvalue weighted by Crippen LogP contribution is -2.39. The topological polar surface area (TPSA) is 54.4 Å². The standard InChI is InChI=1S/C14H22N2O2/c1-2-10-18-12-6-5-9-15-13(12)16-14(11-17)7-3-4-8-14/h5-6,9,17H,2-4,7-8,10-11H2,1H3,(H,15,16). The monoisotopic (exact) mass is 250 g/mol. The quantitative estimate of drug-likeness (QED) is 0.815. The fourth-order valence-corrected chi connectivity index (χ4v) is 2.44. The molecule has 1 heterocycles. The predicted octanol–water partition coefficient (Wildman–Crippen LogP) is 2.59. The number of ether oxygens (including phenoxy) is 1. The summed E-state index contributed by atoms with van der Waals surface area (Å²) >= 11 is 0. The van der Waals surface area contributed by atoms with Crippen molar-refractivity contribution in [3.05, 3.63) is 18.3 Å². The Morgan fingerprint density at radius 2 is 2.22 bits per heavy atom. The molecule has 1 aliphatic rings. The van der Waals surface area contributed by atoms with Crippen LogP contribution in [-0.4, -0.2) is 28.8 Å². The molecule has 1 aliphatic carbocycles. The molecule has 1 aromatic heterocycles. The van der Waals surface area contributed by atoms with Gasteiger partial charge in [-0.15, -0.1) is 0 Å². The summed E-state index contributed by atoms with van der Waals surface area (Å²) in [5, 5.41) is 13.0. The zero-order chi connectivity index (χ0) is 12.8. The highest BCUT2D eigenvalue weighted by Gasteiger charge is 2.34. The maximum absolute atomic E-state index is 9.61. The van der Waals surface area contributed by atoms with Crippen molar-refractivity contribution in [1.29, 1.82) is 0 Å². The average Bonchev–Trinajstić information content (AvgIpc) is 2.87. The first kappa shape index (κ1) is 13.1. The highest BCUT2D eigenvalue weighted by Crippen LogP contribution is 2.34. The SMILES string of the molecule is CCCOc1cccnc1NC1(CO)CCCC1. The van der Waals surface area contributed by atoms with Gasteiger partial charge >= 0.3 is 0 Å². The van der Waals surface area contributed by atoms with Gasteiger partial charge in [0.05, 0.1) is 18.8 Å². The Morgan fingerprint density at radius 3 is 2.89 bits per heavy atom. The van der Waals surface area contributed by atoms with Crippen LogP contribution in [0, 0.1) is 0 Å². The predicted molar refractivity (Wildman–Crippen MR) is 71.9 cm³/mol. The third-order valence-electron chi connectivity index (χ3n) is 3.48. The van der Waals surface area contributed by atoms with E-state index in [-0.39, 0.29) is 12.1 Å². The maximum atomic E-state index is 9.61. The minimum Gasteiger partial charge on any atom is -0.490 e. The molecule has 4 heteroatoms. The molecule has 0 radical (unpaired) electrons. The van der Waals surface area contributed by atoms with Gasteiger partial charge in [0.25, 0.3) is 0 Å². The number of aliphatic hydroxyl groups is 1. The van der Waals surface area contributed by atoms with Crippen molar-refractivity contribution in [1.82, 2.24) is 4.98 Å². The third-order valence-corrected chi connectivity index (χ3v) is 3.48. The Balaban J connectivity index is 2.12. The summed E-state index contributed by atoms with van der Waals surface area (Å²) < 4.78 is 5.68. The van der Waals surface area contributed by atoms with E-state index in [1.807, 2.05) is 12.1 Å². The van der Waals surface area contributed by atoms with Crippen molar-refractivity contribution in [3.63, 3.8) is 0 Å². The first-order chi connectivity index (χ1) is 8.79. The Morgan fingerprint density at radius 1 is 1.44 bits per heavy atom. The van der Waals surface area contributed by atoms with Crippen LogP contribution in [0.3, 0.4) is 0 Å². The van der Waals surface area contributed by atoms with E-state index in [1.165, 1.54) is 0 Å². The molecule has 0 aliphatic heterocycles. The van der Waals surface area contributed by atoms with Gasteiger partial charge in [-0.2, -0.15) is 0 Å². The zero-order valence-corrected chi connectivity index (χ0v) is 11.0. The molecular formula is C14H22N2O2. The van der Waals surface area contributed by atoms with Gasteiger partial charge in [-0.1, -0.05) is 19.8 Å². The van der Waals surface area contributed by atoms with E-state index in [4.69, 9.17) is 4.74 Å². The second-order valence-electron chi connectivity index (χ2n) is 4.97. The van der Waals surface area contributed by atoms with Crippen LogP contribution in [0.1, 0.15) is 39.0 Å². The first-order valence-electron chi connectivity index (χ1n) is 6.76. The molecular weight excluding hydrogens is 228 g/mol. The van der Waals surface area contributed by atoms with E-state index in [1.54, 1.807) is 6.20 Å². The molecule has 2 rings (SSSR count). The molecule has 18 heavy (non-hydrogen) atoms. The van der Waals surface area contributed by atoms with Crippen molar-refractivity contribution >= 4 is 5.82 Å².